The second-order valence-electron chi connectivity index (χ2n) is 4.13. The Morgan fingerprint density at radius 2 is 2.00 bits per heavy atom. The van der Waals surface area contributed by atoms with E-state index in [0.717, 1.165) is 5.56 Å². The summed E-state index contributed by atoms with van der Waals surface area (Å²) >= 11 is 5.95. The number of hydrogen-bond acceptors (Lipinski definition) is 5. The van der Waals surface area contributed by atoms with E-state index < -0.39 is 4.92 Å². The Hall–Kier alpha value is -2.54. The van der Waals surface area contributed by atoms with Gasteiger partial charge in [0, 0.05) is 12.1 Å². The number of non-ortho nitro benzene ring substituents is 1. The number of fused-ring (bicyclic) bond motifs is 1. The molecule has 0 saturated carbocycles. The van der Waals surface area contributed by atoms with Gasteiger partial charge in [0.25, 0.3) is 5.69 Å². The topological polar surface area (TPSA) is 86.7 Å². The molecule has 2 aromatic heterocycles. The van der Waals surface area contributed by atoms with E-state index in [4.69, 9.17) is 11.6 Å². The molecule has 0 atom stereocenters. The fourth-order valence-electron chi connectivity index (χ4n) is 1.88. The zero-order chi connectivity index (χ0) is 14.1. The van der Waals surface area contributed by atoms with Crippen molar-refractivity contribution >= 4 is 28.3 Å². The van der Waals surface area contributed by atoms with E-state index in [1.807, 2.05) is 0 Å². The Kier molecular flexibility index (Phi) is 3.03. The molecule has 100 valence electrons. The highest BCUT2D eigenvalue weighted by molar-refractivity contribution is 6.33. The number of nitro benzene ring substituents is 1. The molecule has 20 heavy (non-hydrogen) atoms. The highest BCUT2D eigenvalue weighted by Crippen LogP contribution is 2.19. The van der Waals surface area contributed by atoms with Crippen LogP contribution in [0.2, 0.25) is 5.15 Å². The maximum atomic E-state index is 10.6. The lowest BCUT2D eigenvalue weighted by Crippen LogP contribution is -2.02. The Morgan fingerprint density at radius 3 is 2.70 bits per heavy atom. The summed E-state index contributed by atoms with van der Waals surface area (Å²) in [6.45, 7) is 0.453. The number of benzene rings is 1. The fraction of sp³-hybridized carbons (Fsp3) is 0.0833. The van der Waals surface area contributed by atoms with Crippen LogP contribution >= 0.6 is 11.6 Å². The first-order chi connectivity index (χ1) is 9.65. The average molecular weight is 290 g/mol. The first kappa shape index (κ1) is 12.5. The minimum atomic E-state index is -0.430. The van der Waals surface area contributed by atoms with Crippen molar-refractivity contribution in [3.63, 3.8) is 0 Å². The number of rotatable bonds is 3. The molecule has 0 bridgehead atoms. The first-order valence-corrected chi connectivity index (χ1v) is 6.08. The molecule has 8 heteroatoms. The molecular formula is C12H8ClN5O2. The van der Waals surface area contributed by atoms with E-state index in [-0.39, 0.29) is 5.69 Å². The lowest BCUT2D eigenvalue weighted by Gasteiger charge is -2.03. The molecule has 0 N–H and O–H groups in total. The molecule has 7 nitrogen and oxygen atoms in total. The molecule has 0 fully saturated rings. The summed E-state index contributed by atoms with van der Waals surface area (Å²) in [5.74, 6) is 0. The summed E-state index contributed by atoms with van der Waals surface area (Å²) < 4.78 is 1.67. The van der Waals surface area contributed by atoms with Gasteiger partial charge in [0.05, 0.1) is 23.1 Å². The zero-order valence-electron chi connectivity index (χ0n) is 10.1. The Bertz CT molecular complexity index is 784. The van der Waals surface area contributed by atoms with Crippen LogP contribution in [0.5, 0.6) is 0 Å². The minimum Gasteiger partial charge on any atom is -0.258 e. The highest BCUT2D eigenvalue weighted by atomic mass is 35.5. The summed E-state index contributed by atoms with van der Waals surface area (Å²) in [5.41, 5.74) is 1.57. The Morgan fingerprint density at radius 1 is 1.25 bits per heavy atom. The third kappa shape index (κ3) is 2.19. The summed E-state index contributed by atoms with van der Waals surface area (Å²) in [7, 11) is 0. The molecule has 0 spiro atoms. The van der Waals surface area contributed by atoms with Crippen LogP contribution in [0.4, 0.5) is 5.69 Å². The van der Waals surface area contributed by atoms with Crippen LogP contribution in [0.25, 0.3) is 11.0 Å². The second-order valence-corrected chi connectivity index (χ2v) is 4.49. The number of aromatic nitrogens is 4. The van der Waals surface area contributed by atoms with Crippen LogP contribution < -0.4 is 0 Å². The molecule has 3 aromatic rings. The Balaban J connectivity index is 1.93. The van der Waals surface area contributed by atoms with E-state index in [9.17, 15) is 10.1 Å². The number of nitrogens with zero attached hydrogens (tertiary/aromatic N) is 5. The van der Waals surface area contributed by atoms with Gasteiger partial charge >= 0.3 is 0 Å². The van der Waals surface area contributed by atoms with Gasteiger partial charge in [-0.25, -0.2) is 14.6 Å². The molecule has 3 rings (SSSR count). The van der Waals surface area contributed by atoms with E-state index in [1.54, 1.807) is 23.0 Å². The van der Waals surface area contributed by atoms with Gasteiger partial charge in [-0.2, -0.15) is 5.10 Å². The van der Waals surface area contributed by atoms with Gasteiger partial charge in [-0.3, -0.25) is 10.1 Å². The lowest BCUT2D eigenvalue weighted by atomic mass is 10.2. The van der Waals surface area contributed by atoms with Gasteiger partial charge in [-0.15, -0.1) is 0 Å². The standard InChI is InChI=1S/C12H8ClN5O2/c13-11-10-5-16-17(12(10)15-7-14-11)6-8-1-3-9(4-2-8)18(19)20/h1-5,7H,6H2. The van der Waals surface area contributed by atoms with Gasteiger partial charge in [0.1, 0.15) is 11.5 Å². The third-order valence-electron chi connectivity index (χ3n) is 2.86. The second kappa shape index (κ2) is 4.86. The predicted molar refractivity (Wildman–Crippen MR) is 72.5 cm³/mol. The summed E-state index contributed by atoms with van der Waals surface area (Å²) in [4.78, 5) is 18.2. The first-order valence-electron chi connectivity index (χ1n) is 5.70. The van der Waals surface area contributed by atoms with E-state index >= 15 is 0 Å². The van der Waals surface area contributed by atoms with Crippen molar-refractivity contribution in [2.24, 2.45) is 0 Å². The number of hydrogen-bond donors (Lipinski definition) is 0. The van der Waals surface area contributed by atoms with E-state index in [0.29, 0.717) is 22.7 Å². The smallest absolute Gasteiger partial charge is 0.258 e. The molecule has 0 saturated heterocycles. The normalized spacial score (nSPS) is 10.8. The van der Waals surface area contributed by atoms with Crippen molar-refractivity contribution in [1.82, 2.24) is 19.7 Å². The monoisotopic (exact) mass is 289 g/mol. The maximum absolute atomic E-state index is 10.6. The SMILES string of the molecule is O=[N+]([O-])c1ccc(Cn2ncc3c(Cl)ncnc32)cc1. The van der Waals surface area contributed by atoms with Crippen LogP contribution in [0, 0.1) is 10.1 Å². The van der Waals surface area contributed by atoms with E-state index in [2.05, 4.69) is 15.1 Å². The number of nitro groups is 1. The summed E-state index contributed by atoms with van der Waals surface area (Å²) in [6, 6.07) is 6.30. The zero-order valence-corrected chi connectivity index (χ0v) is 10.9. The molecule has 0 radical (unpaired) electrons. The molecule has 0 aliphatic heterocycles. The van der Waals surface area contributed by atoms with Gasteiger partial charge in [0.15, 0.2) is 5.65 Å². The largest absolute Gasteiger partial charge is 0.269 e. The minimum absolute atomic E-state index is 0.0597. The highest BCUT2D eigenvalue weighted by Gasteiger charge is 2.09. The van der Waals surface area contributed by atoms with Crippen LogP contribution in [0.15, 0.2) is 36.8 Å². The van der Waals surface area contributed by atoms with Crippen molar-refractivity contribution in [1.29, 1.82) is 0 Å². The summed E-state index contributed by atoms with van der Waals surface area (Å²) in [6.07, 6.45) is 2.97. The van der Waals surface area contributed by atoms with Crippen molar-refractivity contribution in [2.75, 3.05) is 0 Å². The van der Waals surface area contributed by atoms with Crippen molar-refractivity contribution < 1.29 is 4.92 Å². The molecule has 1 aromatic carbocycles. The molecule has 0 aliphatic carbocycles. The predicted octanol–water partition coefficient (Wildman–Crippen LogP) is 2.44. The fourth-order valence-corrected chi connectivity index (χ4v) is 2.05. The van der Waals surface area contributed by atoms with Crippen LogP contribution in [0.3, 0.4) is 0 Å². The van der Waals surface area contributed by atoms with Gasteiger partial charge in [0.2, 0.25) is 0 Å². The average Bonchev–Trinajstić information content (AvgIpc) is 2.84. The van der Waals surface area contributed by atoms with E-state index in [1.165, 1.54) is 18.5 Å². The van der Waals surface area contributed by atoms with Gasteiger partial charge in [-0.1, -0.05) is 23.7 Å². The molecule has 0 unspecified atom stereocenters. The van der Waals surface area contributed by atoms with Gasteiger partial charge in [-0.05, 0) is 5.56 Å². The Labute approximate surface area is 118 Å². The molecule has 2 heterocycles. The van der Waals surface area contributed by atoms with Crippen LogP contribution in [-0.2, 0) is 6.54 Å². The number of halogens is 1. The third-order valence-corrected chi connectivity index (χ3v) is 3.17. The van der Waals surface area contributed by atoms with Crippen LogP contribution in [-0.4, -0.2) is 24.7 Å². The quantitative estimate of drug-likeness (QED) is 0.420. The molecule has 0 aliphatic rings. The van der Waals surface area contributed by atoms with Gasteiger partial charge < -0.3 is 0 Å². The van der Waals surface area contributed by atoms with Crippen molar-refractivity contribution in [2.45, 2.75) is 6.54 Å². The molecule has 0 amide bonds. The van der Waals surface area contributed by atoms with Crippen molar-refractivity contribution in [3.05, 3.63) is 57.6 Å². The maximum Gasteiger partial charge on any atom is 0.269 e. The summed E-state index contributed by atoms with van der Waals surface area (Å²) in [5, 5.41) is 15.8. The van der Waals surface area contributed by atoms with Crippen LogP contribution in [0.1, 0.15) is 5.56 Å². The molecular weight excluding hydrogens is 282 g/mol. The lowest BCUT2D eigenvalue weighted by molar-refractivity contribution is -0.384. The van der Waals surface area contributed by atoms with Crippen molar-refractivity contribution in [3.8, 4) is 0 Å².